The fourth-order valence-electron chi connectivity index (χ4n) is 2.06. The molecule has 1 aliphatic rings. The first-order chi connectivity index (χ1) is 9.79. The molecule has 0 spiro atoms. The van der Waals surface area contributed by atoms with E-state index in [0.29, 0.717) is 18.8 Å². The third-order valence-corrected chi connectivity index (χ3v) is 3.09. The van der Waals surface area contributed by atoms with Crippen molar-refractivity contribution in [2.75, 3.05) is 24.6 Å². The molecule has 1 heterocycles. The number of carbonyl (C=O) groups is 2. The topological polar surface area (TPSA) is 78.9 Å². The van der Waals surface area contributed by atoms with Gasteiger partial charge in [-0.2, -0.15) is 0 Å². The number of aromatic carboxylic acids is 1. The molecule has 0 aliphatic carbocycles. The van der Waals surface area contributed by atoms with Gasteiger partial charge in [0.05, 0.1) is 12.2 Å². The fraction of sp³-hybridized carbons (Fsp3) is 0.467. The average molecular weight is 292 g/mol. The second-order valence-electron chi connectivity index (χ2n) is 6.18. The Morgan fingerprint density at radius 1 is 1.38 bits per heavy atom. The minimum atomic E-state index is -1.07. The highest BCUT2D eigenvalue weighted by molar-refractivity contribution is 5.99. The number of anilines is 1. The van der Waals surface area contributed by atoms with E-state index in [4.69, 9.17) is 4.74 Å². The molecule has 0 saturated carbocycles. The number of hydrogen-bond acceptors (Lipinski definition) is 3. The normalized spacial score (nSPS) is 14.1. The van der Waals surface area contributed by atoms with E-state index in [1.165, 1.54) is 11.0 Å². The number of amides is 2. The van der Waals surface area contributed by atoms with Crippen molar-refractivity contribution in [2.45, 2.75) is 20.8 Å². The van der Waals surface area contributed by atoms with Crippen molar-refractivity contribution in [3.05, 3.63) is 23.8 Å². The van der Waals surface area contributed by atoms with Crippen LogP contribution in [-0.4, -0.2) is 36.8 Å². The molecule has 21 heavy (non-hydrogen) atoms. The molecule has 0 atom stereocenters. The van der Waals surface area contributed by atoms with Gasteiger partial charge in [0.1, 0.15) is 12.2 Å². The number of hydrogen-bond donors (Lipinski definition) is 2. The predicted octanol–water partition coefficient (Wildman–Crippen LogP) is 2.34. The van der Waals surface area contributed by atoms with Crippen LogP contribution >= 0.6 is 0 Å². The minimum Gasteiger partial charge on any atom is -0.489 e. The molecule has 0 radical (unpaired) electrons. The van der Waals surface area contributed by atoms with E-state index in [0.717, 1.165) is 0 Å². The van der Waals surface area contributed by atoms with Gasteiger partial charge in [0, 0.05) is 6.54 Å². The van der Waals surface area contributed by atoms with Crippen LogP contribution in [0.25, 0.3) is 0 Å². The molecule has 1 aromatic carbocycles. The number of ether oxygens (including phenoxy) is 1. The molecule has 2 amide bonds. The summed E-state index contributed by atoms with van der Waals surface area (Å²) < 4.78 is 5.44. The van der Waals surface area contributed by atoms with Gasteiger partial charge < -0.3 is 15.2 Å². The van der Waals surface area contributed by atoms with Gasteiger partial charge >= 0.3 is 12.0 Å². The van der Waals surface area contributed by atoms with Crippen LogP contribution < -0.4 is 15.0 Å². The van der Waals surface area contributed by atoms with Crippen LogP contribution in [-0.2, 0) is 0 Å². The number of carbonyl (C=O) groups excluding carboxylic acids is 1. The Hall–Kier alpha value is -2.24. The van der Waals surface area contributed by atoms with Gasteiger partial charge in [-0.3, -0.25) is 4.90 Å². The monoisotopic (exact) mass is 292 g/mol. The van der Waals surface area contributed by atoms with E-state index >= 15 is 0 Å². The van der Waals surface area contributed by atoms with Gasteiger partial charge in [-0.05, 0) is 17.5 Å². The van der Waals surface area contributed by atoms with Gasteiger partial charge in [-0.25, -0.2) is 9.59 Å². The van der Waals surface area contributed by atoms with Crippen LogP contribution in [0.2, 0.25) is 0 Å². The van der Waals surface area contributed by atoms with Gasteiger partial charge in [0.25, 0.3) is 0 Å². The van der Waals surface area contributed by atoms with Crippen molar-refractivity contribution in [3.8, 4) is 5.75 Å². The molecule has 0 bridgehead atoms. The molecule has 1 aliphatic heterocycles. The molecule has 6 heteroatoms. The lowest BCUT2D eigenvalue weighted by Crippen LogP contribution is -2.46. The lowest BCUT2D eigenvalue weighted by molar-refractivity contribution is 0.0692. The van der Waals surface area contributed by atoms with E-state index in [9.17, 15) is 14.7 Å². The highest BCUT2D eigenvalue weighted by Crippen LogP contribution is 2.35. The lowest BCUT2D eigenvalue weighted by Gasteiger charge is -2.31. The minimum absolute atomic E-state index is 0.0201. The summed E-state index contributed by atoms with van der Waals surface area (Å²) >= 11 is 0. The number of benzene rings is 1. The molecule has 2 N–H and O–H groups in total. The van der Waals surface area contributed by atoms with Crippen molar-refractivity contribution >= 4 is 17.7 Å². The van der Waals surface area contributed by atoms with Gasteiger partial charge in [-0.15, -0.1) is 0 Å². The summed E-state index contributed by atoms with van der Waals surface area (Å²) in [5.74, 6) is -0.814. The zero-order chi connectivity index (χ0) is 15.6. The second kappa shape index (κ2) is 5.63. The van der Waals surface area contributed by atoms with Crippen molar-refractivity contribution < 1.29 is 19.4 Å². The number of carboxylic acid groups (broad SMARTS) is 1. The average Bonchev–Trinajstić information content (AvgIpc) is 2.42. The highest BCUT2D eigenvalue weighted by Gasteiger charge is 2.27. The molecule has 6 nitrogen and oxygen atoms in total. The third-order valence-electron chi connectivity index (χ3n) is 3.09. The Morgan fingerprint density at radius 2 is 2.10 bits per heavy atom. The summed E-state index contributed by atoms with van der Waals surface area (Å²) in [7, 11) is 0. The lowest BCUT2D eigenvalue weighted by atomic mass is 9.97. The Morgan fingerprint density at radius 3 is 2.71 bits per heavy atom. The van der Waals surface area contributed by atoms with Crippen molar-refractivity contribution in [2.24, 2.45) is 5.41 Å². The Bertz CT molecular complexity index is 563. The largest absolute Gasteiger partial charge is 0.489 e. The van der Waals surface area contributed by atoms with Crippen molar-refractivity contribution in [3.63, 3.8) is 0 Å². The number of rotatable bonds is 2. The van der Waals surface area contributed by atoms with Crippen molar-refractivity contribution in [1.29, 1.82) is 0 Å². The van der Waals surface area contributed by atoms with E-state index in [1.54, 1.807) is 12.1 Å². The summed E-state index contributed by atoms with van der Waals surface area (Å²) in [6, 6.07) is 4.54. The van der Waals surface area contributed by atoms with Gasteiger partial charge in [0.2, 0.25) is 0 Å². The number of fused-ring (bicyclic) bond motifs is 1. The molecule has 2 rings (SSSR count). The van der Waals surface area contributed by atoms with E-state index in [2.05, 4.69) is 5.32 Å². The zero-order valence-corrected chi connectivity index (χ0v) is 12.5. The third kappa shape index (κ3) is 3.45. The summed E-state index contributed by atoms with van der Waals surface area (Å²) in [6.07, 6.45) is 0. The molecule has 1 aromatic rings. The Kier molecular flexibility index (Phi) is 4.06. The number of carboxylic acids is 1. The Labute approximate surface area is 123 Å². The molecular formula is C15H20N2O4. The SMILES string of the molecule is CC(C)(C)CNC(=O)N1CCOc2c(C(=O)O)cccc21. The molecule has 0 aromatic heterocycles. The maximum absolute atomic E-state index is 12.3. The maximum atomic E-state index is 12.3. The highest BCUT2D eigenvalue weighted by atomic mass is 16.5. The first-order valence-corrected chi connectivity index (χ1v) is 6.84. The van der Waals surface area contributed by atoms with E-state index in [-0.39, 0.29) is 29.4 Å². The molecule has 114 valence electrons. The van der Waals surface area contributed by atoms with Crippen LogP contribution in [0.5, 0.6) is 5.75 Å². The Balaban J connectivity index is 2.24. The van der Waals surface area contributed by atoms with E-state index < -0.39 is 5.97 Å². The van der Waals surface area contributed by atoms with Gasteiger partial charge in [0.15, 0.2) is 5.75 Å². The molecule has 0 unspecified atom stereocenters. The molecular weight excluding hydrogens is 272 g/mol. The van der Waals surface area contributed by atoms with Crippen LogP contribution in [0.15, 0.2) is 18.2 Å². The predicted molar refractivity (Wildman–Crippen MR) is 79.1 cm³/mol. The number of nitrogens with one attached hydrogen (secondary N) is 1. The summed E-state index contributed by atoms with van der Waals surface area (Å²) in [4.78, 5) is 25.0. The summed E-state index contributed by atoms with van der Waals surface area (Å²) in [5, 5.41) is 12.0. The number of para-hydroxylation sites is 1. The molecule has 0 fully saturated rings. The van der Waals surface area contributed by atoms with Crippen LogP contribution in [0.4, 0.5) is 10.5 Å². The van der Waals surface area contributed by atoms with Crippen LogP contribution in [0.3, 0.4) is 0 Å². The van der Waals surface area contributed by atoms with Crippen LogP contribution in [0, 0.1) is 5.41 Å². The number of nitrogens with zero attached hydrogens (tertiary/aromatic N) is 1. The first kappa shape index (κ1) is 15.2. The van der Waals surface area contributed by atoms with Crippen molar-refractivity contribution in [1.82, 2.24) is 5.32 Å². The number of urea groups is 1. The van der Waals surface area contributed by atoms with Gasteiger partial charge in [-0.1, -0.05) is 26.8 Å². The first-order valence-electron chi connectivity index (χ1n) is 6.84. The summed E-state index contributed by atoms with van der Waals surface area (Å²) in [6.45, 7) is 7.30. The second-order valence-corrected chi connectivity index (χ2v) is 6.18. The fourth-order valence-corrected chi connectivity index (χ4v) is 2.06. The zero-order valence-electron chi connectivity index (χ0n) is 12.5. The van der Waals surface area contributed by atoms with E-state index in [1.807, 2.05) is 20.8 Å². The maximum Gasteiger partial charge on any atom is 0.339 e. The smallest absolute Gasteiger partial charge is 0.339 e. The summed E-state index contributed by atoms with van der Waals surface area (Å²) in [5.41, 5.74) is 0.543. The molecule has 0 saturated heterocycles. The quantitative estimate of drug-likeness (QED) is 0.877. The standard InChI is InChI=1S/C15H20N2O4/c1-15(2,3)9-16-14(20)17-7-8-21-12-10(13(18)19)5-4-6-11(12)17/h4-6H,7-9H2,1-3H3,(H,16,20)(H,18,19). The van der Waals surface area contributed by atoms with Crippen LogP contribution in [0.1, 0.15) is 31.1 Å².